The van der Waals surface area contributed by atoms with Gasteiger partial charge in [-0.1, -0.05) is 0 Å². The normalized spacial score (nSPS) is 10.9. The van der Waals surface area contributed by atoms with Crippen molar-refractivity contribution in [3.63, 3.8) is 0 Å². The molecule has 8 heteroatoms. The van der Waals surface area contributed by atoms with E-state index in [0.717, 1.165) is 24.3 Å². The standard InChI is InChI=1S/C15H11F3N2O3/c16-15(17,18)9-1-3-10(4-2-9)19-13(22)14(23)20-11-5-7-12(21)8-6-11/h1-8,21H,(H,19,22)(H,20,23). The minimum Gasteiger partial charge on any atom is -0.508 e. The van der Waals surface area contributed by atoms with Crippen LogP contribution in [0.5, 0.6) is 5.75 Å². The molecule has 0 atom stereocenters. The molecule has 0 fully saturated rings. The zero-order valence-corrected chi connectivity index (χ0v) is 11.5. The first-order valence-electron chi connectivity index (χ1n) is 6.34. The van der Waals surface area contributed by atoms with Gasteiger partial charge in [-0.15, -0.1) is 0 Å². The quantitative estimate of drug-likeness (QED) is 0.587. The van der Waals surface area contributed by atoms with Crippen molar-refractivity contribution in [1.29, 1.82) is 0 Å². The average Bonchev–Trinajstić information content (AvgIpc) is 2.49. The van der Waals surface area contributed by atoms with Gasteiger partial charge in [0, 0.05) is 11.4 Å². The van der Waals surface area contributed by atoms with Gasteiger partial charge in [-0.05, 0) is 48.5 Å². The second-order valence-electron chi connectivity index (χ2n) is 4.53. The topological polar surface area (TPSA) is 78.4 Å². The van der Waals surface area contributed by atoms with E-state index < -0.39 is 23.6 Å². The number of phenolic OH excluding ortho intramolecular Hbond substituents is 1. The molecule has 23 heavy (non-hydrogen) atoms. The van der Waals surface area contributed by atoms with Crippen molar-refractivity contribution in [2.75, 3.05) is 10.6 Å². The molecule has 0 bridgehead atoms. The molecule has 0 saturated carbocycles. The van der Waals surface area contributed by atoms with Crippen molar-refractivity contribution in [1.82, 2.24) is 0 Å². The molecule has 0 saturated heterocycles. The predicted molar refractivity (Wildman–Crippen MR) is 76.8 cm³/mol. The predicted octanol–water partition coefficient (Wildman–Crippen LogP) is 2.99. The summed E-state index contributed by atoms with van der Waals surface area (Å²) in [5.41, 5.74) is -0.511. The maximum atomic E-state index is 12.4. The summed E-state index contributed by atoms with van der Waals surface area (Å²) in [4.78, 5) is 23.3. The molecule has 0 radical (unpaired) electrons. The van der Waals surface area contributed by atoms with Crippen molar-refractivity contribution in [2.24, 2.45) is 0 Å². The van der Waals surface area contributed by atoms with E-state index >= 15 is 0 Å². The first-order valence-corrected chi connectivity index (χ1v) is 6.34. The molecule has 0 heterocycles. The summed E-state index contributed by atoms with van der Waals surface area (Å²) in [5.74, 6) is -2.02. The zero-order chi connectivity index (χ0) is 17.0. The van der Waals surface area contributed by atoms with E-state index in [2.05, 4.69) is 10.6 Å². The molecule has 120 valence electrons. The van der Waals surface area contributed by atoms with Crippen molar-refractivity contribution in [3.8, 4) is 5.75 Å². The Morgan fingerprint density at radius 2 is 1.17 bits per heavy atom. The number of carbonyl (C=O) groups is 2. The van der Waals surface area contributed by atoms with Gasteiger partial charge in [0.05, 0.1) is 5.56 Å². The second kappa shape index (κ2) is 6.39. The van der Waals surface area contributed by atoms with Gasteiger partial charge in [0.25, 0.3) is 0 Å². The monoisotopic (exact) mass is 324 g/mol. The lowest BCUT2D eigenvalue weighted by molar-refractivity contribution is -0.137. The SMILES string of the molecule is O=C(Nc1ccc(O)cc1)C(=O)Nc1ccc(C(F)(F)F)cc1. The molecular formula is C15H11F3N2O3. The molecule has 3 N–H and O–H groups in total. The summed E-state index contributed by atoms with van der Waals surface area (Å²) in [6.45, 7) is 0. The molecule has 2 rings (SSSR count). The number of hydrogen-bond donors (Lipinski definition) is 3. The number of aromatic hydroxyl groups is 1. The highest BCUT2D eigenvalue weighted by molar-refractivity contribution is 6.43. The van der Waals surface area contributed by atoms with Gasteiger partial charge < -0.3 is 15.7 Å². The third-order valence-corrected chi connectivity index (χ3v) is 2.80. The molecule has 0 aliphatic rings. The fraction of sp³-hybridized carbons (Fsp3) is 0.0667. The summed E-state index contributed by atoms with van der Waals surface area (Å²) in [7, 11) is 0. The van der Waals surface area contributed by atoms with Crippen LogP contribution in [-0.2, 0) is 15.8 Å². The highest BCUT2D eigenvalue weighted by atomic mass is 19.4. The van der Waals surface area contributed by atoms with Crippen LogP contribution in [0.1, 0.15) is 5.56 Å². The number of nitrogens with one attached hydrogen (secondary N) is 2. The number of carbonyl (C=O) groups excluding carboxylic acids is 2. The van der Waals surface area contributed by atoms with Gasteiger partial charge in [0.2, 0.25) is 0 Å². The molecule has 0 aliphatic carbocycles. The van der Waals surface area contributed by atoms with Crippen LogP contribution in [0.25, 0.3) is 0 Å². The Hall–Kier alpha value is -3.03. The van der Waals surface area contributed by atoms with Crippen molar-refractivity contribution in [2.45, 2.75) is 6.18 Å². The van der Waals surface area contributed by atoms with Gasteiger partial charge in [-0.3, -0.25) is 9.59 Å². The summed E-state index contributed by atoms with van der Waals surface area (Å²) in [5, 5.41) is 13.6. The smallest absolute Gasteiger partial charge is 0.416 e. The van der Waals surface area contributed by atoms with Gasteiger partial charge in [-0.25, -0.2) is 0 Å². The minimum atomic E-state index is -4.47. The number of amides is 2. The Bertz CT molecular complexity index is 710. The molecule has 0 aromatic heterocycles. The highest BCUT2D eigenvalue weighted by Gasteiger charge is 2.30. The highest BCUT2D eigenvalue weighted by Crippen LogP contribution is 2.29. The molecular weight excluding hydrogens is 313 g/mol. The van der Waals surface area contributed by atoms with E-state index in [0.29, 0.717) is 0 Å². The van der Waals surface area contributed by atoms with Crippen LogP contribution in [0.15, 0.2) is 48.5 Å². The van der Waals surface area contributed by atoms with E-state index in [1.54, 1.807) is 0 Å². The van der Waals surface area contributed by atoms with E-state index in [4.69, 9.17) is 5.11 Å². The van der Waals surface area contributed by atoms with Crippen LogP contribution < -0.4 is 10.6 Å². The number of alkyl halides is 3. The molecule has 0 unspecified atom stereocenters. The Balaban J connectivity index is 1.98. The second-order valence-corrected chi connectivity index (χ2v) is 4.53. The Labute approximate surface area is 128 Å². The molecule has 0 spiro atoms. The number of halogens is 3. The Morgan fingerprint density at radius 3 is 1.57 bits per heavy atom. The number of benzene rings is 2. The summed E-state index contributed by atoms with van der Waals surface area (Å²) in [6.07, 6.45) is -4.47. The Morgan fingerprint density at radius 1 is 0.783 bits per heavy atom. The van der Waals surface area contributed by atoms with Gasteiger partial charge in [0.15, 0.2) is 0 Å². The fourth-order valence-corrected chi connectivity index (χ4v) is 1.66. The van der Waals surface area contributed by atoms with Crippen molar-refractivity contribution >= 4 is 23.2 Å². The summed E-state index contributed by atoms with van der Waals surface area (Å²) >= 11 is 0. The maximum Gasteiger partial charge on any atom is 0.416 e. The lowest BCUT2D eigenvalue weighted by Gasteiger charge is -2.09. The molecule has 2 aromatic carbocycles. The average molecular weight is 324 g/mol. The number of rotatable bonds is 2. The van der Waals surface area contributed by atoms with Crippen molar-refractivity contribution in [3.05, 3.63) is 54.1 Å². The number of hydrogen-bond acceptors (Lipinski definition) is 3. The molecule has 2 amide bonds. The first kappa shape index (κ1) is 16.3. The molecule has 2 aromatic rings. The first-order chi connectivity index (χ1) is 10.8. The summed E-state index contributed by atoms with van der Waals surface area (Å²) in [6, 6.07) is 9.12. The number of phenols is 1. The third kappa shape index (κ3) is 4.47. The number of anilines is 2. The van der Waals surface area contributed by atoms with Crippen LogP contribution >= 0.6 is 0 Å². The largest absolute Gasteiger partial charge is 0.508 e. The van der Waals surface area contributed by atoms with E-state index in [-0.39, 0.29) is 17.1 Å². The van der Waals surface area contributed by atoms with E-state index in [1.807, 2.05) is 0 Å². The Kier molecular flexibility index (Phi) is 4.54. The fourth-order valence-electron chi connectivity index (χ4n) is 1.66. The lowest BCUT2D eigenvalue weighted by atomic mass is 10.2. The van der Waals surface area contributed by atoms with E-state index in [9.17, 15) is 22.8 Å². The van der Waals surface area contributed by atoms with Crippen LogP contribution in [0.4, 0.5) is 24.5 Å². The molecule has 5 nitrogen and oxygen atoms in total. The molecule has 0 aliphatic heterocycles. The lowest BCUT2D eigenvalue weighted by Crippen LogP contribution is -2.29. The van der Waals surface area contributed by atoms with Crippen molar-refractivity contribution < 1.29 is 27.9 Å². The zero-order valence-electron chi connectivity index (χ0n) is 11.5. The minimum absolute atomic E-state index is 0.00259. The van der Waals surface area contributed by atoms with Crippen LogP contribution in [-0.4, -0.2) is 16.9 Å². The van der Waals surface area contributed by atoms with Crippen LogP contribution in [0.3, 0.4) is 0 Å². The van der Waals surface area contributed by atoms with Crippen LogP contribution in [0, 0.1) is 0 Å². The summed E-state index contributed by atoms with van der Waals surface area (Å²) < 4.78 is 37.2. The maximum absolute atomic E-state index is 12.4. The van der Waals surface area contributed by atoms with Gasteiger partial charge >= 0.3 is 18.0 Å². The van der Waals surface area contributed by atoms with Gasteiger partial charge in [0.1, 0.15) is 5.75 Å². The van der Waals surface area contributed by atoms with Gasteiger partial charge in [-0.2, -0.15) is 13.2 Å². The van der Waals surface area contributed by atoms with E-state index in [1.165, 1.54) is 24.3 Å². The third-order valence-electron chi connectivity index (χ3n) is 2.80. The van der Waals surface area contributed by atoms with Crippen LogP contribution in [0.2, 0.25) is 0 Å².